The van der Waals surface area contributed by atoms with Crippen molar-refractivity contribution < 1.29 is 14.2 Å². The average Bonchev–Trinajstić information content (AvgIpc) is 2.29. The number of rotatable bonds is 5. The van der Waals surface area contributed by atoms with E-state index in [-0.39, 0.29) is 0 Å². The number of ether oxygens (including phenoxy) is 3. The highest BCUT2D eigenvalue weighted by molar-refractivity contribution is 5.59. The third-order valence-electron chi connectivity index (χ3n) is 1.95. The lowest BCUT2D eigenvalue weighted by atomic mass is 10.2. The summed E-state index contributed by atoms with van der Waals surface area (Å²) in [6.07, 6.45) is 3.79. The summed E-state index contributed by atoms with van der Waals surface area (Å²) in [6.45, 7) is 0.481. The molecule has 0 aliphatic carbocycles. The smallest absolute Gasteiger partial charge is 0.129 e. The van der Waals surface area contributed by atoms with Crippen LogP contribution in [0.4, 0.5) is 0 Å². The van der Waals surface area contributed by atoms with Crippen LogP contribution >= 0.6 is 0 Å². The van der Waals surface area contributed by atoms with E-state index < -0.39 is 0 Å². The first-order valence-electron chi connectivity index (χ1n) is 4.57. The molecule has 1 rings (SSSR count). The molecule has 1 radical (unpaired) electrons. The van der Waals surface area contributed by atoms with E-state index in [1.54, 1.807) is 14.2 Å². The fraction of sp³-hybridized carbons (Fsp3) is 0.250. The second kappa shape index (κ2) is 6.09. The van der Waals surface area contributed by atoms with Gasteiger partial charge in [0.2, 0.25) is 0 Å². The van der Waals surface area contributed by atoms with E-state index in [4.69, 9.17) is 9.47 Å². The van der Waals surface area contributed by atoms with E-state index in [0.717, 1.165) is 17.1 Å². The van der Waals surface area contributed by atoms with Crippen molar-refractivity contribution in [1.82, 2.24) is 0 Å². The maximum Gasteiger partial charge on any atom is 0.129 e. The molecule has 3 heteroatoms. The van der Waals surface area contributed by atoms with E-state index in [2.05, 4.69) is 11.8 Å². The molecule has 1 aromatic rings. The zero-order valence-electron chi connectivity index (χ0n) is 9.03. The molecule has 0 aliphatic heterocycles. The molecule has 0 aliphatic rings. The van der Waals surface area contributed by atoms with Crippen LogP contribution in [-0.4, -0.2) is 20.8 Å². The van der Waals surface area contributed by atoms with E-state index in [9.17, 15) is 0 Å². The first-order valence-corrected chi connectivity index (χ1v) is 4.57. The second-order valence-corrected chi connectivity index (χ2v) is 2.88. The van der Waals surface area contributed by atoms with Crippen LogP contribution < -0.4 is 9.47 Å². The minimum Gasteiger partial charge on any atom is -0.497 e. The van der Waals surface area contributed by atoms with Crippen LogP contribution in [0, 0.1) is 7.11 Å². The SMILES string of the molecule is [CH2]OC/C=C/c1ccc(OC)cc1OC. The summed E-state index contributed by atoms with van der Waals surface area (Å²) in [5.74, 6) is 1.55. The Morgan fingerprint density at radius 2 is 2.07 bits per heavy atom. The Kier molecular flexibility index (Phi) is 4.71. The fourth-order valence-electron chi connectivity index (χ4n) is 1.20. The molecule has 0 N–H and O–H groups in total. The molecular formula is C12H15O3. The predicted molar refractivity (Wildman–Crippen MR) is 59.9 cm³/mol. The molecule has 81 valence electrons. The highest BCUT2D eigenvalue weighted by Gasteiger charge is 2.01. The largest absolute Gasteiger partial charge is 0.497 e. The van der Waals surface area contributed by atoms with Gasteiger partial charge >= 0.3 is 0 Å². The first kappa shape index (κ1) is 11.6. The topological polar surface area (TPSA) is 27.7 Å². The van der Waals surface area contributed by atoms with Crippen molar-refractivity contribution in [3.8, 4) is 11.5 Å². The number of methoxy groups -OCH3 is 2. The van der Waals surface area contributed by atoms with Crippen molar-refractivity contribution in [3.63, 3.8) is 0 Å². The van der Waals surface area contributed by atoms with E-state index in [1.807, 2.05) is 30.4 Å². The third kappa shape index (κ3) is 3.29. The number of hydrogen-bond donors (Lipinski definition) is 0. The molecule has 0 bridgehead atoms. The Bertz CT molecular complexity index is 332. The van der Waals surface area contributed by atoms with Gasteiger partial charge in [-0.1, -0.05) is 12.2 Å². The molecule has 0 amide bonds. The zero-order chi connectivity index (χ0) is 11.1. The van der Waals surface area contributed by atoms with Crippen LogP contribution in [0.3, 0.4) is 0 Å². The molecule has 0 saturated carbocycles. The second-order valence-electron chi connectivity index (χ2n) is 2.88. The minimum atomic E-state index is 0.481. The molecule has 15 heavy (non-hydrogen) atoms. The van der Waals surface area contributed by atoms with E-state index in [1.165, 1.54) is 0 Å². The normalized spacial score (nSPS) is 10.6. The molecule has 0 heterocycles. The van der Waals surface area contributed by atoms with E-state index >= 15 is 0 Å². The summed E-state index contributed by atoms with van der Waals surface area (Å²) in [6, 6.07) is 5.65. The van der Waals surface area contributed by atoms with Gasteiger partial charge in [0.05, 0.1) is 27.9 Å². The zero-order valence-corrected chi connectivity index (χ0v) is 9.03. The monoisotopic (exact) mass is 207 g/mol. The van der Waals surface area contributed by atoms with Crippen molar-refractivity contribution in [2.75, 3.05) is 20.8 Å². The number of benzene rings is 1. The van der Waals surface area contributed by atoms with Gasteiger partial charge in [0.1, 0.15) is 11.5 Å². The van der Waals surface area contributed by atoms with Crippen molar-refractivity contribution in [2.45, 2.75) is 0 Å². The Morgan fingerprint density at radius 1 is 1.27 bits per heavy atom. The summed E-state index contributed by atoms with van der Waals surface area (Å²) in [5, 5.41) is 0. The lowest BCUT2D eigenvalue weighted by Gasteiger charge is -2.07. The summed E-state index contributed by atoms with van der Waals surface area (Å²) < 4.78 is 15.0. The highest BCUT2D eigenvalue weighted by Crippen LogP contribution is 2.25. The maximum atomic E-state index is 5.23. The van der Waals surface area contributed by atoms with E-state index in [0.29, 0.717) is 6.61 Å². The quantitative estimate of drug-likeness (QED) is 0.742. The van der Waals surface area contributed by atoms with Gasteiger partial charge in [-0.2, -0.15) is 0 Å². The molecular weight excluding hydrogens is 192 g/mol. The summed E-state index contributed by atoms with van der Waals surface area (Å²) in [5.41, 5.74) is 0.982. The van der Waals surface area contributed by atoms with Gasteiger partial charge in [-0.25, -0.2) is 0 Å². The lowest BCUT2D eigenvalue weighted by Crippen LogP contribution is -1.89. The van der Waals surface area contributed by atoms with Gasteiger partial charge < -0.3 is 14.2 Å². The molecule has 0 fully saturated rings. The predicted octanol–water partition coefficient (Wildman–Crippen LogP) is 2.53. The summed E-state index contributed by atoms with van der Waals surface area (Å²) in [7, 11) is 6.54. The van der Waals surface area contributed by atoms with Crippen LogP contribution in [0.5, 0.6) is 11.5 Å². The van der Waals surface area contributed by atoms with Gasteiger partial charge in [0.15, 0.2) is 0 Å². The Balaban J connectivity index is 2.87. The van der Waals surface area contributed by atoms with Crippen LogP contribution in [0.1, 0.15) is 5.56 Å². The average molecular weight is 207 g/mol. The summed E-state index contributed by atoms with van der Waals surface area (Å²) in [4.78, 5) is 0. The summed E-state index contributed by atoms with van der Waals surface area (Å²) >= 11 is 0. The van der Waals surface area contributed by atoms with Crippen LogP contribution in [0.25, 0.3) is 6.08 Å². The molecule has 1 aromatic carbocycles. The van der Waals surface area contributed by atoms with Gasteiger partial charge in [-0.05, 0) is 12.1 Å². The van der Waals surface area contributed by atoms with Gasteiger partial charge in [-0.3, -0.25) is 0 Å². The fourth-order valence-corrected chi connectivity index (χ4v) is 1.20. The molecule has 0 spiro atoms. The van der Waals surface area contributed by atoms with Gasteiger partial charge in [0, 0.05) is 11.6 Å². The molecule has 0 saturated heterocycles. The van der Waals surface area contributed by atoms with Crippen LogP contribution in [0.2, 0.25) is 0 Å². The Labute approximate surface area is 90.3 Å². The maximum absolute atomic E-state index is 5.23. The van der Waals surface area contributed by atoms with Crippen molar-refractivity contribution in [1.29, 1.82) is 0 Å². The first-order chi connectivity index (χ1) is 7.31. The van der Waals surface area contributed by atoms with Crippen molar-refractivity contribution >= 4 is 6.08 Å². The van der Waals surface area contributed by atoms with Crippen molar-refractivity contribution in [3.05, 3.63) is 36.9 Å². The Morgan fingerprint density at radius 3 is 2.67 bits per heavy atom. The van der Waals surface area contributed by atoms with Gasteiger partial charge in [0.25, 0.3) is 0 Å². The van der Waals surface area contributed by atoms with Crippen molar-refractivity contribution in [2.24, 2.45) is 0 Å². The minimum absolute atomic E-state index is 0.481. The third-order valence-corrected chi connectivity index (χ3v) is 1.95. The van der Waals surface area contributed by atoms with Crippen LogP contribution in [-0.2, 0) is 4.74 Å². The molecule has 0 aromatic heterocycles. The molecule has 3 nitrogen and oxygen atoms in total. The molecule has 0 atom stereocenters. The molecule has 0 unspecified atom stereocenters. The standard InChI is InChI=1S/C12H15O3/c1-13-8-4-5-10-6-7-11(14-2)9-12(10)15-3/h4-7,9H,1,8H2,2-3H3/b5-4+. The van der Waals surface area contributed by atoms with Gasteiger partial charge in [-0.15, -0.1) is 0 Å². The lowest BCUT2D eigenvalue weighted by molar-refractivity contribution is 0.282. The Hall–Kier alpha value is -1.48. The highest BCUT2D eigenvalue weighted by atomic mass is 16.5. The number of hydrogen-bond acceptors (Lipinski definition) is 3. The van der Waals surface area contributed by atoms with Crippen LogP contribution in [0.15, 0.2) is 24.3 Å².